The molecule has 0 aliphatic carbocycles. The summed E-state index contributed by atoms with van der Waals surface area (Å²) in [4.78, 5) is 0. The molecule has 148 valence electrons. The minimum Gasteiger partial charge on any atom is -0.467 e. The Hall–Kier alpha value is -3.65. The Morgan fingerprint density at radius 2 is 1.70 bits per heavy atom. The Bertz CT molecular complexity index is 1220. The van der Waals surface area contributed by atoms with Crippen molar-refractivity contribution in [2.45, 2.75) is 17.5 Å². The Morgan fingerprint density at radius 3 is 2.47 bits per heavy atom. The maximum Gasteiger partial charge on any atom is 0.210 e. The second kappa shape index (κ2) is 8.38. The second-order valence-electron chi connectivity index (χ2n) is 6.64. The van der Waals surface area contributed by atoms with Gasteiger partial charge >= 0.3 is 0 Å². The average Bonchev–Trinajstić information content (AvgIpc) is 3.55. The summed E-state index contributed by atoms with van der Waals surface area (Å²) in [5.41, 5.74) is 4.17. The summed E-state index contributed by atoms with van der Waals surface area (Å²) >= 11 is 1.58. The molecule has 8 heteroatoms. The van der Waals surface area contributed by atoms with Gasteiger partial charge in [-0.3, -0.25) is 0 Å². The van der Waals surface area contributed by atoms with Gasteiger partial charge in [0.15, 0.2) is 0 Å². The van der Waals surface area contributed by atoms with Gasteiger partial charge in [-0.05, 0) is 34.7 Å². The van der Waals surface area contributed by atoms with Gasteiger partial charge in [0.1, 0.15) is 12.3 Å². The van der Waals surface area contributed by atoms with Gasteiger partial charge in [-0.1, -0.05) is 60.3 Å². The standard InChI is InChI=1S/C22H18N6OS/c1-3-8-17(9-4-1)21-18(14-27(24-21)19-10-5-2-6-11-19)16-30-22-23-25-26-28(22)15-20-12-7-13-29-20/h1-14H,15-16H2. The number of rotatable bonds is 7. The van der Waals surface area contributed by atoms with Gasteiger partial charge < -0.3 is 4.42 Å². The van der Waals surface area contributed by atoms with Gasteiger partial charge in [-0.15, -0.1) is 5.10 Å². The fourth-order valence-electron chi connectivity index (χ4n) is 3.16. The van der Waals surface area contributed by atoms with E-state index in [4.69, 9.17) is 9.52 Å². The van der Waals surface area contributed by atoms with Crippen molar-refractivity contribution in [2.24, 2.45) is 0 Å². The maximum absolute atomic E-state index is 5.41. The molecule has 0 fully saturated rings. The number of tetrazole rings is 1. The largest absolute Gasteiger partial charge is 0.467 e. The fraction of sp³-hybridized carbons (Fsp3) is 0.0909. The smallest absolute Gasteiger partial charge is 0.210 e. The molecule has 30 heavy (non-hydrogen) atoms. The molecule has 0 spiro atoms. The van der Waals surface area contributed by atoms with Crippen molar-refractivity contribution in [3.63, 3.8) is 0 Å². The number of hydrogen-bond donors (Lipinski definition) is 0. The number of benzene rings is 2. The van der Waals surface area contributed by atoms with Crippen LogP contribution in [0.2, 0.25) is 0 Å². The lowest BCUT2D eigenvalue weighted by Gasteiger charge is -2.03. The number of furan rings is 1. The number of nitrogens with zero attached hydrogens (tertiary/aromatic N) is 6. The second-order valence-corrected chi connectivity index (χ2v) is 7.58. The van der Waals surface area contributed by atoms with Crippen LogP contribution >= 0.6 is 11.8 Å². The van der Waals surface area contributed by atoms with Gasteiger partial charge in [0.2, 0.25) is 5.16 Å². The van der Waals surface area contributed by atoms with Crippen LogP contribution < -0.4 is 0 Å². The Kier molecular flexibility index (Phi) is 5.14. The summed E-state index contributed by atoms with van der Waals surface area (Å²) in [6.07, 6.45) is 3.72. The van der Waals surface area contributed by atoms with Crippen LogP contribution in [0.25, 0.3) is 16.9 Å². The first kappa shape index (κ1) is 18.4. The first-order chi connectivity index (χ1) is 14.9. The highest BCUT2D eigenvalue weighted by molar-refractivity contribution is 7.98. The zero-order valence-corrected chi connectivity index (χ0v) is 16.8. The SMILES string of the molecule is c1ccc(-c2nn(-c3ccccc3)cc2CSc2nnnn2Cc2ccco2)cc1. The zero-order chi connectivity index (χ0) is 20.2. The van der Waals surface area contributed by atoms with E-state index in [1.54, 1.807) is 22.7 Å². The zero-order valence-electron chi connectivity index (χ0n) is 16.0. The molecule has 0 radical (unpaired) electrons. The van der Waals surface area contributed by atoms with Crippen molar-refractivity contribution in [1.29, 1.82) is 0 Å². The Morgan fingerprint density at radius 1 is 0.900 bits per heavy atom. The third-order valence-corrected chi connectivity index (χ3v) is 5.61. The number of aromatic nitrogens is 6. The molecule has 0 amide bonds. The summed E-state index contributed by atoms with van der Waals surface area (Å²) < 4.78 is 9.08. The van der Waals surface area contributed by atoms with Crippen LogP contribution in [0.3, 0.4) is 0 Å². The number of hydrogen-bond acceptors (Lipinski definition) is 6. The molecule has 0 unspecified atom stereocenters. The summed E-state index contributed by atoms with van der Waals surface area (Å²) in [6, 6.07) is 24.1. The molecule has 2 aromatic carbocycles. The van der Waals surface area contributed by atoms with Gasteiger partial charge in [0, 0.05) is 23.1 Å². The molecular formula is C22H18N6OS. The lowest BCUT2D eigenvalue weighted by Crippen LogP contribution is -2.03. The molecule has 0 N–H and O–H groups in total. The molecule has 3 heterocycles. The first-order valence-electron chi connectivity index (χ1n) is 9.47. The van der Waals surface area contributed by atoms with E-state index in [0.29, 0.717) is 12.3 Å². The molecule has 0 aliphatic heterocycles. The molecule has 0 saturated carbocycles. The molecule has 0 atom stereocenters. The van der Waals surface area contributed by atoms with E-state index in [1.165, 1.54) is 0 Å². The minimum absolute atomic E-state index is 0.497. The van der Waals surface area contributed by atoms with Crippen LogP contribution in [0.15, 0.2) is 94.8 Å². The number of thioether (sulfide) groups is 1. The molecule has 0 bridgehead atoms. The van der Waals surface area contributed by atoms with Gasteiger partial charge in [-0.2, -0.15) is 5.10 Å². The predicted octanol–water partition coefficient (Wildman–Crippen LogP) is 4.46. The van der Waals surface area contributed by atoms with Crippen molar-refractivity contribution >= 4 is 11.8 Å². The molecule has 5 rings (SSSR count). The monoisotopic (exact) mass is 414 g/mol. The van der Waals surface area contributed by atoms with Crippen molar-refractivity contribution in [1.82, 2.24) is 30.0 Å². The summed E-state index contributed by atoms with van der Waals surface area (Å²) in [6.45, 7) is 0.497. The van der Waals surface area contributed by atoms with Crippen LogP contribution in [0.4, 0.5) is 0 Å². The van der Waals surface area contributed by atoms with E-state index in [-0.39, 0.29) is 0 Å². The molecular weight excluding hydrogens is 396 g/mol. The topological polar surface area (TPSA) is 74.6 Å². The molecule has 5 aromatic rings. The van der Waals surface area contributed by atoms with E-state index in [9.17, 15) is 0 Å². The van der Waals surface area contributed by atoms with Crippen molar-refractivity contribution in [3.05, 3.63) is 96.6 Å². The van der Waals surface area contributed by atoms with Crippen LogP contribution in [-0.4, -0.2) is 30.0 Å². The Labute approximate surface area is 177 Å². The Balaban J connectivity index is 1.43. The summed E-state index contributed by atoms with van der Waals surface area (Å²) in [7, 11) is 0. The normalized spacial score (nSPS) is 11.1. The predicted molar refractivity (Wildman–Crippen MR) is 114 cm³/mol. The van der Waals surface area contributed by atoms with Crippen molar-refractivity contribution in [2.75, 3.05) is 0 Å². The fourth-order valence-corrected chi connectivity index (χ4v) is 4.00. The van der Waals surface area contributed by atoms with Crippen LogP contribution in [-0.2, 0) is 12.3 Å². The highest BCUT2D eigenvalue weighted by Crippen LogP contribution is 2.29. The molecule has 7 nitrogen and oxygen atoms in total. The summed E-state index contributed by atoms with van der Waals surface area (Å²) in [5, 5.41) is 17.7. The van der Waals surface area contributed by atoms with Crippen LogP contribution in [0.1, 0.15) is 11.3 Å². The maximum atomic E-state index is 5.41. The molecule has 0 aliphatic rings. The van der Waals surface area contributed by atoms with Crippen molar-refractivity contribution < 1.29 is 4.42 Å². The minimum atomic E-state index is 0.497. The van der Waals surface area contributed by atoms with E-state index in [1.807, 2.05) is 65.3 Å². The van der Waals surface area contributed by atoms with Crippen molar-refractivity contribution in [3.8, 4) is 16.9 Å². The first-order valence-corrected chi connectivity index (χ1v) is 10.5. The van der Waals surface area contributed by atoms with Crippen LogP contribution in [0.5, 0.6) is 0 Å². The third-order valence-electron chi connectivity index (χ3n) is 4.60. The van der Waals surface area contributed by atoms with E-state index in [2.05, 4.69) is 33.9 Å². The average molecular weight is 414 g/mol. The lowest BCUT2D eigenvalue weighted by molar-refractivity contribution is 0.462. The lowest BCUT2D eigenvalue weighted by atomic mass is 10.1. The van der Waals surface area contributed by atoms with E-state index >= 15 is 0 Å². The van der Waals surface area contributed by atoms with Crippen LogP contribution in [0, 0.1) is 0 Å². The van der Waals surface area contributed by atoms with Gasteiger partial charge in [0.25, 0.3) is 0 Å². The molecule has 0 saturated heterocycles. The third kappa shape index (κ3) is 3.90. The molecule has 3 aromatic heterocycles. The summed E-state index contributed by atoms with van der Waals surface area (Å²) in [5.74, 6) is 1.50. The quantitative estimate of drug-likeness (QED) is 0.366. The number of para-hydroxylation sites is 1. The van der Waals surface area contributed by atoms with Gasteiger partial charge in [0.05, 0.1) is 17.6 Å². The van der Waals surface area contributed by atoms with E-state index in [0.717, 1.165) is 33.4 Å². The highest BCUT2D eigenvalue weighted by Gasteiger charge is 2.15. The van der Waals surface area contributed by atoms with E-state index < -0.39 is 0 Å². The highest BCUT2D eigenvalue weighted by atomic mass is 32.2. The van der Waals surface area contributed by atoms with Gasteiger partial charge in [-0.25, -0.2) is 9.36 Å².